The van der Waals surface area contributed by atoms with Gasteiger partial charge < -0.3 is 19.2 Å². The maximum atomic E-state index is 5.89. The summed E-state index contributed by atoms with van der Waals surface area (Å²) in [4.78, 5) is 0. The SMILES string of the molecule is COc1cccc2c1OCC(NCc1cc3ccccc3o1)C2. The molecular weight excluding hydrogens is 290 g/mol. The Morgan fingerprint density at radius 1 is 1.17 bits per heavy atom. The van der Waals surface area contributed by atoms with Crippen molar-refractivity contribution >= 4 is 11.0 Å². The Bertz CT molecular complexity index is 791. The van der Waals surface area contributed by atoms with Crippen LogP contribution in [0.15, 0.2) is 52.9 Å². The first-order chi connectivity index (χ1) is 11.3. The minimum absolute atomic E-state index is 0.266. The van der Waals surface area contributed by atoms with Crippen molar-refractivity contribution in [2.24, 2.45) is 0 Å². The summed E-state index contributed by atoms with van der Waals surface area (Å²) < 4.78 is 17.1. The minimum atomic E-state index is 0.266. The van der Waals surface area contributed by atoms with Gasteiger partial charge in [0.2, 0.25) is 0 Å². The zero-order valence-corrected chi connectivity index (χ0v) is 13.0. The molecule has 0 radical (unpaired) electrons. The molecule has 3 aromatic rings. The molecule has 1 aliphatic heterocycles. The van der Waals surface area contributed by atoms with Crippen LogP contribution in [0.25, 0.3) is 11.0 Å². The van der Waals surface area contributed by atoms with Gasteiger partial charge in [-0.25, -0.2) is 0 Å². The number of fused-ring (bicyclic) bond motifs is 2. The summed E-state index contributed by atoms with van der Waals surface area (Å²) >= 11 is 0. The van der Waals surface area contributed by atoms with Crippen molar-refractivity contribution in [3.05, 3.63) is 59.9 Å². The molecule has 1 N–H and O–H groups in total. The Balaban J connectivity index is 1.44. The number of para-hydroxylation sites is 2. The second-order valence-electron chi connectivity index (χ2n) is 5.79. The highest BCUT2D eigenvalue weighted by Gasteiger charge is 2.22. The molecule has 1 atom stereocenters. The Morgan fingerprint density at radius 2 is 2.09 bits per heavy atom. The average Bonchev–Trinajstić information content (AvgIpc) is 3.02. The van der Waals surface area contributed by atoms with Crippen LogP contribution in [0.1, 0.15) is 11.3 Å². The Labute approximate surface area is 135 Å². The van der Waals surface area contributed by atoms with Crippen LogP contribution in [-0.4, -0.2) is 19.8 Å². The molecule has 2 heterocycles. The van der Waals surface area contributed by atoms with Gasteiger partial charge in [-0.15, -0.1) is 0 Å². The summed E-state index contributed by atoms with van der Waals surface area (Å²) in [5, 5.41) is 4.66. The largest absolute Gasteiger partial charge is 0.493 e. The Kier molecular flexibility index (Phi) is 3.67. The predicted molar refractivity (Wildman–Crippen MR) is 89.0 cm³/mol. The zero-order valence-electron chi connectivity index (χ0n) is 13.0. The molecule has 0 amide bonds. The van der Waals surface area contributed by atoms with E-state index in [1.54, 1.807) is 7.11 Å². The van der Waals surface area contributed by atoms with Crippen molar-refractivity contribution in [3.63, 3.8) is 0 Å². The van der Waals surface area contributed by atoms with Gasteiger partial charge in [0.25, 0.3) is 0 Å². The minimum Gasteiger partial charge on any atom is -0.493 e. The molecule has 23 heavy (non-hydrogen) atoms. The van der Waals surface area contributed by atoms with E-state index in [4.69, 9.17) is 13.9 Å². The topological polar surface area (TPSA) is 43.6 Å². The second-order valence-corrected chi connectivity index (χ2v) is 5.79. The van der Waals surface area contributed by atoms with E-state index in [0.29, 0.717) is 13.2 Å². The number of nitrogens with one attached hydrogen (secondary N) is 1. The van der Waals surface area contributed by atoms with Gasteiger partial charge in [0.1, 0.15) is 18.0 Å². The Hall–Kier alpha value is -2.46. The van der Waals surface area contributed by atoms with Gasteiger partial charge in [-0.1, -0.05) is 30.3 Å². The maximum Gasteiger partial charge on any atom is 0.164 e. The first-order valence-electron chi connectivity index (χ1n) is 7.83. The van der Waals surface area contributed by atoms with Crippen molar-refractivity contribution in [2.75, 3.05) is 13.7 Å². The van der Waals surface area contributed by atoms with Gasteiger partial charge in [0.15, 0.2) is 11.5 Å². The summed E-state index contributed by atoms with van der Waals surface area (Å²) in [6, 6.07) is 16.4. The van der Waals surface area contributed by atoms with Gasteiger partial charge in [-0.2, -0.15) is 0 Å². The van der Waals surface area contributed by atoms with Crippen molar-refractivity contribution in [1.82, 2.24) is 5.32 Å². The molecule has 1 aliphatic rings. The van der Waals surface area contributed by atoms with Crippen LogP contribution in [-0.2, 0) is 13.0 Å². The highest BCUT2D eigenvalue weighted by atomic mass is 16.5. The summed E-state index contributed by atoms with van der Waals surface area (Å²) in [5.41, 5.74) is 2.11. The van der Waals surface area contributed by atoms with Crippen molar-refractivity contribution in [1.29, 1.82) is 0 Å². The smallest absolute Gasteiger partial charge is 0.164 e. The highest BCUT2D eigenvalue weighted by molar-refractivity contribution is 5.77. The lowest BCUT2D eigenvalue weighted by atomic mass is 10.0. The number of hydrogen-bond acceptors (Lipinski definition) is 4. The standard InChI is InChI=1S/C19H19NO3/c1-21-18-8-4-6-14-9-15(12-22-19(14)18)20-11-16-10-13-5-2-3-7-17(13)23-16/h2-8,10,15,20H,9,11-12H2,1H3. The maximum absolute atomic E-state index is 5.89. The zero-order chi connectivity index (χ0) is 15.6. The van der Waals surface area contributed by atoms with Crippen molar-refractivity contribution in [2.45, 2.75) is 19.0 Å². The van der Waals surface area contributed by atoms with E-state index in [2.05, 4.69) is 23.5 Å². The van der Waals surface area contributed by atoms with Gasteiger partial charge in [0, 0.05) is 11.4 Å². The van der Waals surface area contributed by atoms with Crippen LogP contribution < -0.4 is 14.8 Å². The molecule has 4 heteroatoms. The number of hydrogen-bond donors (Lipinski definition) is 1. The van der Waals surface area contributed by atoms with Crippen LogP contribution in [0.4, 0.5) is 0 Å². The van der Waals surface area contributed by atoms with Gasteiger partial charge in [-0.3, -0.25) is 0 Å². The average molecular weight is 309 g/mol. The molecule has 0 bridgehead atoms. The fraction of sp³-hybridized carbons (Fsp3) is 0.263. The van der Waals surface area contributed by atoms with Gasteiger partial charge >= 0.3 is 0 Å². The summed E-state index contributed by atoms with van der Waals surface area (Å²) in [6.07, 6.45) is 0.923. The highest BCUT2D eigenvalue weighted by Crippen LogP contribution is 2.34. The molecule has 4 rings (SSSR count). The van der Waals surface area contributed by atoms with Crippen molar-refractivity contribution < 1.29 is 13.9 Å². The van der Waals surface area contributed by atoms with E-state index in [1.807, 2.05) is 30.3 Å². The van der Waals surface area contributed by atoms with E-state index in [0.717, 1.165) is 34.6 Å². The molecule has 0 aliphatic carbocycles. The first-order valence-corrected chi connectivity index (χ1v) is 7.83. The quantitative estimate of drug-likeness (QED) is 0.800. The lowest BCUT2D eigenvalue weighted by Crippen LogP contribution is -2.38. The molecule has 1 unspecified atom stereocenters. The number of ether oxygens (including phenoxy) is 2. The normalized spacial score (nSPS) is 16.8. The molecule has 0 fully saturated rings. The molecule has 1 aromatic heterocycles. The van der Waals surface area contributed by atoms with Crippen LogP contribution in [0.3, 0.4) is 0 Å². The Morgan fingerprint density at radius 3 is 2.96 bits per heavy atom. The summed E-state index contributed by atoms with van der Waals surface area (Å²) in [6.45, 7) is 1.33. The second kappa shape index (κ2) is 5.97. The van der Waals surface area contributed by atoms with Crippen LogP contribution in [0, 0.1) is 0 Å². The molecular formula is C19H19NO3. The fourth-order valence-electron chi connectivity index (χ4n) is 3.05. The fourth-order valence-corrected chi connectivity index (χ4v) is 3.05. The third-order valence-corrected chi connectivity index (χ3v) is 4.22. The molecule has 118 valence electrons. The third kappa shape index (κ3) is 2.78. The molecule has 2 aromatic carbocycles. The van der Waals surface area contributed by atoms with E-state index in [-0.39, 0.29) is 6.04 Å². The van der Waals surface area contributed by atoms with Gasteiger partial charge in [0.05, 0.1) is 13.7 Å². The number of rotatable bonds is 4. The summed E-state index contributed by atoms with van der Waals surface area (Å²) in [7, 11) is 1.67. The van der Waals surface area contributed by atoms with E-state index in [9.17, 15) is 0 Å². The lowest BCUT2D eigenvalue weighted by molar-refractivity contribution is 0.224. The lowest BCUT2D eigenvalue weighted by Gasteiger charge is -2.27. The van der Waals surface area contributed by atoms with Crippen LogP contribution in [0.2, 0.25) is 0 Å². The molecule has 0 spiro atoms. The van der Waals surface area contributed by atoms with E-state index < -0.39 is 0 Å². The van der Waals surface area contributed by atoms with Gasteiger partial charge in [-0.05, 0) is 30.2 Å². The third-order valence-electron chi connectivity index (χ3n) is 4.22. The van der Waals surface area contributed by atoms with Crippen LogP contribution in [0.5, 0.6) is 11.5 Å². The molecule has 0 saturated heterocycles. The van der Waals surface area contributed by atoms with Crippen LogP contribution >= 0.6 is 0 Å². The monoisotopic (exact) mass is 309 g/mol. The number of benzene rings is 2. The first kappa shape index (κ1) is 14.2. The number of furan rings is 1. The van der Waals surface area contributed by atoms with Crippen molar-refractivity contribution in [3.8, 4) is 11.5 Å². The molecule has 0 saturated carbocycles. The summed E-state index contributed by atoms with van der Waals surface area (Å²) in [5.74, 6) is 2.62. The van der Waals surface area contributed by atoms with E-state index >= 15 is 0 Å². The van der Waals surface area contributed by atoms with E-state index in [1.165, 1.54) is 5.56 Å². The predicted octanol–water partition coefficient (Wildman–Crippen LogP) is 3.53. The molecule has 4 nitrogen and oxygen atoms in total. The number of methoxy groups -OCH3 is 1.